The highest BCUT2D eigenvalue weighted by Gasteiger charge is 2.10. The lowest BCUT2D eigenvalue weighted by Crippen LogP contribution is -2.38. The highest BCUT2D eigenvalue weighted by atomic mass is 16.5. The fraction of sp³-hybridized carbons (Fsp3) is 0.182. The van der Waals surface area contributed by atoms with Gasteiger partial charge in [0, 0.05) is 0 Å². The summed E-state index contributed by atoms with van der Waals surface area (Å²) in [6.07, 6.45) is 0. The van der Waals surface area contributed by atoms with Crippen molar-refractivity contribution >= 4 is 23.6 Å². The number of anilines is 1. The Bertz CT molecular complexity index is 515. The van der Waals surface area contributed by atoms with Crippen LogP contribution in [0.2, 0.25) is 0 Å². The molecule has 102 valence electrons. The molecule has 0 heterocycles. The highest BCUT2D eigenvalue weighted by molar-refractivity contribution is 5.94. The minimum Gasteiger partial charge on any atom is -0.482 e. The Hall–Kier alpha value is -2.77. The number of nitrogen functional groups attached to an aromatic ring is 1. The minimum absolute atomic E-state index is 0.162. The number of benzene rings is 1. The molecule has 19 heavy (non-hydrogen) atoms. The van der Waals surface area contributed by atoms with Gasteiger partial charge in [-0.25, -0.2) is 9.59 Å². The fourth-order valence-electron chi connectivity index (χ4n) is 1.24. The van der Waals surface area contributed by atoms with Crippen LogP contribution in [0.15, 0.2) is 18.2 Å². The molecular weight excluding hydrogens is 254 g/mol. The zero-order valence-corrected chi connectivity index (χ0v) is 10.1. The number of carbonyl (C=O) groups is 3. The van der Waals surface area contributed by atoms with E-state index in [-0.39, 0.29) is 17.0 Å². The molecule has 8 nitrogen and oxygen atoms in total. The van der Waals surface area contributed by atoms with Crippen molar-refractivity contribution < 1.29 is 23.9 Å². The molecule has 3 amide bonds. The van der Waals surface area contributed by atoms with Crippen LogP contribution in [0.5, 0.6) is 5.75 Å². The first-order chi connectivity index (χ1) is 8.93. The smallest absolute Gasteiger partial charge is 0.337 e. The largest absolute Gasteiger partial charge is 0.482 e. The second-order valence-electron chi connectivity index (χ2n) is 3.45. The SMILES string of the molecule is COC(=O)c1ccc(OCC(=O)NC(N)=O)c(N)c1. The first kappa shape index (κ1) is 14.3. The maximum atomic E-state index is 11.2. The molecule has 0 atom stereocenters. The Morgan fingerprint density at radius 1 is 1.32 bits per heavy atom. The molecule has 0 radical (unpaired) electrons. The quantitative estimate of drug-likeness (QED) is 0.503. The zero-order chi connectivity index (χ0) is 14.4. The molecule has 0 aliphatic heterocycles. The van der Waals surface area contributed by atoms with Crippen LogP contribution in [0.3, 0.4) is 0 Å². The third-order valence-electron chi connectivity index (χ3n) is 2.05. The van der Waals surface area contributed by atoms with E-state index in [2.05, 4.69) is 4.74 Å². The summed E-state index contributed by atoms with van der Waals surface area (Å²) >= 11 is 0. The van der Waals surface area contributed by atoms with Gasteiger partial charge >= 0.3 is 12.0 Å². The predicted molar refractivity (Wildman–Crippen MR) is 65.4 cm³/mol. The molecule has 1 aromatic rings. The van der Waals surface area contributed by atoms with Crippen molar-refractivity contribution in [3.63, 3.8) is 0 Å². The lowest BCUT2D eigenvalue weighted by molar-refractivity contribution is -0.121. The maximum absolute atomic E-state index is 11.2. The average Bonchev–Trinajstić information content (AvgIpc) is 2.35. The van der Waals surface area contributed by atoms with Gasteiger partial charge in [-0.05, 0) is 18.2 Å². The number of urea groups is 1. The van der Waals surface area contributed by atoms with Crippen molar-refractivity contribution in [3.05, 3.63) is 23.8 Å². The predicted octanol–water partition coefficient (Wildman–Crippen LogP) is -0.371. The van der Waals surface area contributed by atoms with Crippen molar-refractivity contribution in [2.24, 2.45) is 5.73 Å². The first-order valence-corrected chi connectivity index (χ1v) is 5.14. The van der Waals surface area contributed by atoms with Crippen LogP contribution in [0.4, 0.5) is 10.5 Å². The number of ether oxygens (including phenoxy) is 2. The summed E-state index contributed by atoms with van der Waals surface area (Å²) in [7, 11) is 1.25. The number of methoxy groups -OCH3 is 1. The molecule has 0 unspecified atom stereocenters. The number of nitrogens with two attached hydrogens (primary N) is 2. The molecule has 0 fully saturated rings. The van der Waals surface area contributed by atoms with Gasteiger partial charge in [-0.3, -0.25) is 10.1 Å². The van der Waals surface area contributed by atoms with Crippen LogP contribution >= 0.6 is 0 Å². The number of hydrogen-bond donors (Lipinski definition) is 3. The maximum Gasteiger partial charge on any atom is 0.337 e. The summed E-state index contributed by atoms with van der Waals surface area (Å²) in [6, 6.07) is 3.23. The average molecular weight is 267 g/mol. The zero-order valence-electron chi connectivity index (χ0n) is 10.1. The fourth-order valence-corrected chi connectivity index (χ4v) is 1.24. The van der Waals surface area contributed by atoms with Crippen LogP contribution in [-0.4, -0.2) is 31.6 Å². The first-order valence-electron chi connectivity index (χ1n) is 5.14. The number of nitrogens with one attached hydrogen (secondary N) is 1. The van der Waals surface area contributed by atoms with E-state index < -0.39 is 24.5 Å². The lowest BCUT2D eigenvalue weighted by atomic mass is 10.2. The number of esters is 1. The molecule has 0 bridgehead atoms. The second-order valence-corrected chi connectivity index (χ2v) is 3.45. The van der Waals surface area contributed by atoms with E-state index in [1.165, 1.54) is 25.3 Å². The lowest BCUT2D eigenvalue weighted by Gasteiger charge is -2.09. The minimum atomic E-state index is -0.970. The molecule has 0 aliphatic carbocycles. The molecule has 0 saturated carbocycles. The standard InChI is InChI=1S/C11H13N3O5/c1-18-10(16)6-2-3-8(7(12)4-6)19-5-9(15)14-11(13)17/h2-4H,5,12H2,1H3,(H3,13,14,15,17). The van der Waals surface area contributed by atoms with Crippen molar-refractivity contribution in [1.29, 1.82) is 0 Å². The monoisotopic (exact) mass is 267 g/mol. The Kier molecular flexibility index (Phi) is 4.69. The van der Waals surface area contributed by atoms with E-state index in [9.17, 15) is 14.4 Å². The summed E-state index contributed by atoms with van der Waals surface area (Å²) in [5.41, 5.74) is 10.8. The van der Waals surface area contributed by atoms with E-state index >= 15 is 0 Å². The van der Waals surface area contributed by atoms with Gasteiger partial charge in [0.2, 0.25) is 0 Å². The molecular formula is C11H13N3O5. The van der Waals surface area contributed by atoms with E-state index in [0.717, 1.165) is 0 Å². The summed E-state index contributed by atoms with van der Waals surface area (Å²) in [4.78, 5) is 32.7. The normalized spacial score (nSPS) is 9.53. The topological polar surface area (TPSA) is 134 Å². The van der Waals surface area contributed by atoms with E-state index in [4.69, 9.17) is 16.2 Å². The summed E-state index contributed by atoms with van der Waals surface area (Å²) in [5.74, 6) is -1.04. The molecule has 0 saturated heterocycles. The molecule has 0 spiro atoms. The van der Waals surface area contributed by atoms with E-state index in [1.54, 1.807) is 0 Å². The van der Waals surface area contributed by atoms with Gasteiger partial charge in [-0.1, -0.05) is 0 Å². The van der Waals surface area contributed by atoms with E-state index in [0.29, 0.717) is 0 Å². The van der Waals surface area contributed by atoms with Crippen LogP contribution < -0.4 is 21.5 Å². The number of primary amides is 1. The van der Waals surface area contributed by atoms with Crippen molar-refractivity contribution in [2.75, 3.05) is 19.5 Å². The van der Waals surface area contributed by atoms with Crippen molar-refractivity contribution in [1.82, 2.24) is 5.32 Å². The van der Waals surface area contributed by atoms with E-state index in [1.807, 2.05) is 5.32 Å². The van der Waals surface area contributed by atoms with Gasteiger partial charge in [-0.2, -0.15) is 0 Å². The van der Waals surface area contributed by atoms with Gasteiger partial charge < -0.3 is 20.9 Å². The molecule has 8 heteroatoms. The number of rotatable bonds is 4. The van der Waals surface area contributed by atoms with Crippen molar-refractivity contribution in [3.8, 4) is 5.75 Å². The van der Waals surface area contributed by atoms with Crippen LogP contribution in [0, 0.1) is 0 Å². The third-order valence-corrected chi connectivity index (χ3v) is 2.05. The Morgan fingerprint density at radius 2 is 2.00 bits per heavy atom. The summed E-state index contributed by atoms with van der Waals surface area (Å²) < 4.78 is 9.59. The Balaban J connectivity index is 2.68. The molecule has 0 aromatic heterocycles. The van der Waals surface area contributed by atoms with Gasteiger partial charge in [0.1, 0.15) is 5.75 Å². The summed E-state index contributed by atoms with van der Waals surface area (Å²) in [6.45, 7) is -0.426. The van der Waals surface area contributed by atoms with Crippen LogP contribution in [0.1, 0.15) is 10.4 Å². The number of imide groups is 1. The number of hydrogen-bond acceptors (Lipinski definition) is 6. The van der Waals surface area contributed by atoms with Gasteiger partial charge in [0.05, 0.1) is 18.4 Å². The Labute approximate surface area is 108 Å². The molecule has 0 aliphatic rings. The number of carbonyl (C=O) groups excluding carboxylic acids is 3. The van der Waals surface area contributed by atoms with Crippen LogP contribution in [0.25, 0.3) is 0 Å². The highest BCUT2D eigenvalue weighted by Crippen LogP contribution is 2.22. The van der Waals surface area contributed by atoms with Gasteiger partial charge in [-0.15, -0.1) is 0 Å². The Morgan fingerprint density at radius 3 is 2.53 bits per heavy atom. The second kappa shape index (κ2) is 6.24. The van der Waals surface area contributed by atoms with Gasteiger partial charge in [0.15, 0.2) is 6.61 Å². The molecule has 5 N–H and O–H groups in total. The van der Waals surface area contributed by atoms with Gasteiger partial charge in [0.25, 0.3) is 5.91 Å². The van der Waals surface area contributed by atoms with Crippen molar-refractivity contribution in [2.45, 2.75) is 0 Å². The third kappa shape index (κ3) is 4.19. The van der Waals surface area contributed by atoms with Crippen LogP contribution in [-0.2, 0) is 9.53 Å². The summed E-state index contributed by atoms with van der Waals surface area (Å²) in [5, 5.41) is 1.83. The molecule has 1 aromatic carbocycles. The molecule has 1 rings (SSSR count). The number of amides is 3.